The Kier molecular flexibility index (Phi) is 5.84. The van der Waals surface area contributed by atoms with Crippen molar-refractivity contribution in [1.82, 2.24) is 4.72 Å². The zero-order valence-electron chi connectivity index (χ0n) is 10.6. The van der Waals surface area contributed by atoms with Gasteiger partial charge < -0.3 is 5.73 Å². The van der Waals surface area contributed by atoms with Gasteiger partial charge in [0.25, 0.3) is 0 Å². The topological polar surface area (TPSA) is 72.2 Å². The van der Waals surface area contributed by atoms with Gasteiger partial charge in [0.1, 0.15) is 10.8 Å². The Hall–Kier alpha value is -1.05. The zero-order chi connectivity index (χ0) is 14.5. The van der Waals surface area contributed by atoms with Crippen LogP contribution in [-0.2, 0) is 10.0 Å². The molecule has 0 atom stereocenters. The third kappa shape index (κ3) is 4.52. The van der Waals surface area contributed by atoms with Gasteiger partial charge in [0.15, 0.2) is 0 Å². The number of benzene rings is 1. The minimum atomic E-state index is -3.65. The monoisotopic (exact) mass is 304 g/mol. The van der Waals surface area contributed by atoms with Gasteiger partial charge in [0.2, 0.25) is 10.0 Å². The first-order chi connectivity index (χ1) is 8.88. The molecule has 0 bridgehead atoms. The normalized spacial score (nSPS) is 11.5. The highest BCUT2D eigenvalue weighted by Crippen LogP contribution is 2.15. The predicted molar refractivity (Wildman–Crippen MR) is 77.0 cm³/mol. The zero-order valence-corrected chi connectivity index (χ0v) is 12.3. The molecule has 0 spiro atoms. The Balaban J connectivity index is 2.89. The molecule has 0 radical (unpaired) electrons. The lowest BCUT2D eigenvalue weighted by atomic mass is 10.2. The van der Waals surface area contributed by atoms with Crippen LogP contribution in [0.15, 0.2) is 23.1 Å². The molecule has 0 heterocycles. The molecule has 0 fully saturated rings. The van der Waals surface area contributed by atoms with Crippen LogP contribution in [0.1, 0.15) is 31.7 Å². The standard InChI is InChI=1S/C12H17FN2O2S2/c1-2-3-4-7-15-19(16,17)9-5-6-11(13)10(8-9)12(14)18/h5-6,8,15H,2-4,7H2,1H3,(H2,14,18). The molecule has 0 aliphatic heterocycles. The Bertz CT molecular complexity index is 559. The van der Waals surface area contributed by atoms with E-state index in [9.17, 15) is 12.8 Å². The van der Waals surface area contributed by atoms with Crippen LogP contribution < -0.4 is 10.5 Å². The lowest BCUT2D eigenvalue weighted by Gasteiger charge is -2.08. The number of thiocarbonyl (C=S) groups is 1. The molecule has 0 saturated carbocycles. The van der Waals surface area contributed by atoms with E-state index in [2.05, 4.69) is 16.9 Å². The highest BCUT2D eigenvalue weighted by Gasteiger charge is 2.16. The number of nitrogens with two attached hydrogens (primary N) is 1. The van der Waals surface area contributed by atoms with Crippen LogP contribution in [0.3, 0.4) is 0 Å². The summed E-state index contributed by atoms with van der Waals surface area (Å²) in [6.07, 6.45) is 2.72. The van der Waals surface area contributed by atoms with Gasteiger partial charge in [-0.25, -0.2) is 17.5 Å². The molecule has 1 rings (SSSR count). The molecule has 106 valence electrons. The van der Waals surface area contributed by atoms with Gasteiger partial charge >= 0.3 is 0 Å². The number of unbranched alkanes of at least 4 members (excludes halogenated alkanes) is 2. The van der Waals surface area contributed by atoms with E-state index in [1.807, 2.05) is 6.92 Å². The van der Waals surface area contributed by atoms with Crippen molar-refractivity contribution in [3.63, 3.8) is 0 Å². The van der Waals surface area contributed by atoms with Crippen molar-refractivity contribution in [2.24, 2.45) is 5.73 Å². The van der Waals surface area contributed by atoms with E-state index in [4.69, 9.17) is 5.73 Å². The van der Waals surface area contributed by atoms with Gasteiger partial charge in [0.05, 0.1) is 4.90 Å². The van der Waals surface area contributed by atoms with Crippen molar-refractivity contribution in [2.75, 3.05) is 6.54 Å². The highest BCUT2D eigenvalue weighted by atomic mass is 32.2. The summed E-state index contributed by atoms with van der Waals surface area (Å²) in [5.41, 5.74) is 5.28. The van der Waals surface area contributed by atoms with Gasteiger partial charge in [-0.05, 0) is 24.6 Å². The molecule has 1 aromatic carbocycles. The second-order valence-corrected chi connectivity index (χ2v) is 6.32. The molecule has 0 unspecified atom stereocenters. The van der Waals surface area contributed by atoms with Crippen LogP contribution >= 0.6 is 12.2 Å². The van der Waals surface area contributed by atoms with Crippen molar-refractivity contribution in [2.45, 2.75) is 31.1 Å². The van der Waals surface area contributed by atoms with Crippen LogP contribution in [-0.4, -0.2) is 20.0 Å². The lowest BCUT2D eigenvalue weighted by Crippen LogP contribution is -2.25. The summed E-state index contributed by atoms with van der Waals surface area (Å²) in [5, 5.41) is 0. The van der Waals surface area contributed by atoms with Crippen molar-refractivity contribution in [1.29, 1.82) is 0 Å². The second-order valence-electron chi connectivity index (χ2n) is 4.11. The molecule has 0 amide bonds. The van der Waals surface area contributed by atoms with Gasteiger partial charge in [0, 0.05) is 12.1 Å². The maximum atomic E-state index is 13.4. The molecule has 0 aromatic heterocycles. The van der Waals surface area contributed by atoms with E-state index in [1.54, 1.807) is 0 Å². The fourth-order valence-electron chi connectivity index (χ4n) is 1.53. The third-order valence-corrected chi connectivity index (χ3v) is 4.26. The Morgan fingerprint density at radius 3 is 2.68 bits per heavy atom. The van der Waals surface area contributed by atoms with E-state index in [0.717, 1.165) is 31.4 Å². The smallest absolute Gasteiger partial charge is 0.240 e. The van der Waals surface area contributed by atoms with Crippen molar-refractivity contribution >= 4 is 27.2 Å². The van der Waals surface area contributed by atoms with Crippen LogP contribution in [0.2, 0.25) is 0 Å². The molecule has 3 N–H and O–H groups in total. The lowest BCUT2D eigenvalue weighted by molar-refractivity contribution is 0.575. The highest BCUT2D eigenvalue weighted by molar-refractivity contribution is 7.89. The van der Waals surface area contributed by atoms with Crippen molar-refractivity contribution < 1.29 is 12.8 Å². The third-order valence-electron chi connectivity index (χ3n) is 2.59. The van der Waals surface area contributed by atoms with E-state index in [1.165, 1.54) is 6.07 Å². The summed E-state index contributed by atoms with van der Waals surface area (Å²) in [5.74, 6) is -0.627. The van der Waals surface area contributed by atoms with Gasteiger partial charge in [-0.15, -0.1) is 0 Å². The Morgan fingerprint density at radius 2 is 2.11 bits per heavy atom. The molecule has 0 saturated heterocycles. The number of rotatable bonds is 7. The van der Waals surface area contributed by atoms with Gasteiger partial charge in [-0.2, -0.15) is 0 Å². The first-order valence-corrected chi connectivity index (χ1v) is 7.86. The van der Waals surface area contributed by atoms with Gasteiger partial charge in [-0.3, -0.25) is 0 Å². The molecule has 0 aliphatic rings. The number of nitrogens with one attached hydrogen (secondary N) is 1. The molecule has 4 nitrogen and oxygen atoms in total. The van der Waals surface area contributed by atoms with E-state index < -0.39 is 15.8 Å². The SMILES string of the molecule is CCCCCNS(=O)(=O)c1ccc(F)c(C(N)=S)c1. The van der Waals surface area contributed by atoms with Crippen LogP contribution in [0.5, 0.6) is 0 Å². The van der Waals surface area contributed by atoms with Gasteiger partial charge in [-0.1, -0.05) is 32.0 Å². The second kappa shape index (κ2) is 6.93. The summed E-state index contributed by atoms with van der Waals surface area (Å²) in [4.78, 5) is -0.200. The number of sulfonamides is 1. The fraction of sp³-hybridized carbons (Fsp3) is 0.417. The largest absolute Gasteiger partial charge is 0.389 e. The minimum absolute atomic E-state index is 0.0341. The Labute approximate surface area is 118 Å². The average molecular weight is 304 g/mol. The predicted octanol–water partition coefficient (Wildman–Crippen LogP) is 1.93. The van der Waals surface area contributed by atoms with Crippen molar-refractivity contribution in [3.8, 4) is 0 Å². The van der Waals surface area contributed by atoms with Crippen LogP contribution in [0.25, 0.3) is 0 Å². The van der Waals surface area contributed by atoms with Crippen LogP contribution in [0, 0.1) is 5.82 Å². The van der Waals surface area contributed by atoms with E-state index in [0.29, 0.717) is 6.54 Å². The Morgan fingerprint density at radius 1 is 1.42 bits per heavy atom. The van der Waals surface area contributed by atoms with E-state index >= 15 is 0 Å². The molecule has 19 heavy (non-hydrogen) atoms. The maximum Gasteiger partial charge on any atom is 0.240 e. The summed E-state index contributed by atoms with van der Waals surface area (Å²) < 4.78 is 39.8. The summed E-state index contributed by atoms with van der Waals surface area (Å²) in [6, 6.07) is 3.40. The molecular weight excluding hydrogens is 287 g/mol. The molecule has 1 aromatic rings. The summed E-state index contributed by atoms with van der Waals surface area (Å²) >= 11 is 4.68. The first kappa shape index (κ1) is 16.0. The fourth-order valence-corrected chi connectivity index (χ4v) is 2.78. The molecule has 0 aliphatic carbocycles. The summed E-state index contributed by atoms with van der Waals surface area (Å²) in [7, 11) is -3.65. The summed E-state index contributed by atoms with van der Waals surface area (Å²) in [6.45, 7) is 2.39. The minimum Gasteiger partial charge on any atom is -0.389 e. The average Bonchev–Trinajstić information content (AvgIpc) is 2.34. The molecule has 7 heteroatoms. The quantitative estimate of drug-likeness (QED) is 0.596. The number of halogens is 1. The first-order valence-electron chi connectivity index (χ1n) is 5.97. The maximum absolute atomic E-state index is 13.4. The van der Waals surface area contributed by atoms with Crippen LogP contribution in [0.4, 0.5) is 4.39 Å². The number of hydrogen-bond donors (Lipinski definition) is 2. The van der Waals surface area contributed by atoms with E-state index in [-0.39, 0.29) is 15.4 Å². The van der Waals surface area contributed by atoms with Crippen molar-refractivity contribution in [3.05, 3.63) is 29.6 Å². The number of hydrogen-bond acceptors (Lipinski definition) is 3. The molecular formula is C12H17FN2O2S2.